The molecule has 0 radical (unpaired) electrons. The number of aromatic nitrogens is 2. The molecule has 0 fully saturated rings. The van der Waals surface area contributed by atoms with Crippen LogP contribution in [0, 0.1) is 6.92 Å². The molecule has 1 aromatic heterocycles. The molecule has 1 N–H and O–H groups in total. The number of aromatic amines is 1. The van der Waals surface area contributed by atoms with Crippen LogP contribution >= 0.6 is 0 Å². The number of aryl methyl sites for hydroxylation is 1. The summed E-state index contributed by atoms with van der Waals surface area (Å²) >= 11 is 0. The molecule has 1 heterocycles. The summed E-state index contributed by atoms with van der Waals surface area (Å²) in [6.07, 6.45) is 2.38. The Labute approximate surface area is 81.8 Å². The van der Waals surface area contributed by atoms with E-state index in [0.29, 0.717) is 12.1 Å². The largest absolute Gasteiger partial charge is 0.336 e. The smallest absolute Gasteiger partial charge is 0.185 e. The zero-order valence-electron chi connectivity index (χ0n) is 7.82. The van der Waals surface area contributed by atoms with Crippen LogP contribution in [-0.2, 0) is 0 Å². The van der Waals surface area contributed by atoms with E-state index >= 15 is 0 Å². The van der Waals surface area contributed by atoms with Gasteiger partial charge in [0.1, 0.15) is 0 Å². The third kappa shape index (κ3) is 1.44. The molecule has 2 aromatic rings. The van der Waals surface area contributed by atoms with Crippen LogP contribution in [0.25, 0.3) is 11.3 Å². The summed E-state index contributed by atoms with van der Waals surface area (Å²) in [5.74, 6) is 0.364. The van der Waals surface area contributed by atoms with Gasteiger partial charge in [0.2, 0.25) is 0 Å². The summed E-state index contributed by atoms with van der Waals surface area (Å²) in [6, 6.07) is 7.97. The summed E-state index contributed by atoms with van der Waals surface area (Å²) in [5.41, 5.74) is 3.12. The maximum absolute atomic E-state index is 10.4. The zero-order chi connectivity index (χ0) is 9.97. The molecule has 0 aliphatic rings. The van der Waals surface area contributed by atoms with E-state index < -0.39 is 0 Å². The molecule has 3 nitrogen and oxygen atoms in total. The molecule has 14 heavy (non-hydrogen) atoms. The predicted molar refractivity (Wildman–Crippen MR) is 54.1 cm³/mol. The first kappa shape index (κ1) is 8.69. The molecule has 0 amide bonds. The van der Waals surface area contributed by atoms with E-state index in [1.54, 1.807) is 6.20 Å². The van der Waals surface area contributed by atoms with Gasteiger partial charge in [-0.1, -0.05) is 24.3 Å². The van der Waals surface area contributed by atoms with Crippen LogP contribution in [0.3, 0.4) is 0 Å². The number of hydrogen-bond acceptors (Lipinski definition) is 2. The van der Waals surface area contributed by atoms with Gasteiger partial charge in [-0.25, -0.2) is 4.98 Å². The number of benzene rings is 1. The van der Waals surface area contributed by atoms with Crippen molar-refractivity contribution in [1.82, 2.24) is 9.97 Å². The minimum absolute atomic E-state index is 0.364. The van der Waals surface area contributed by atoms with E-state index in [1.807, 2.05) is 31.2 Å². The molecule has 0 aliphatic carbocycles. The normalized spacial score (nSPS) is 10.1. The number of imidazole rings is 1. The molecule has 1 aromatic carbocycles. The molecule has 2 rings (SSSR count). The molecular weight excluding hydrogens is 176 g/mol. The molecule has 0 spiro atoms. The number of H-pyrrole nitrogens is 1. The molecule has 0 saturated carbocycles. The molecule has 0 saturated heterocycles. The third-order valence-electron chi connectivity index (χ3n) is 2.14. The van der Waals surface area contributed by atoms with Crippen LogP contribution in [0.5, 0.6) is 0 Å². The number of rotatable bonds is 2. The minimum atomic E-state index is 0.364. The van der Waals surface area contributed by atoms with Crippen molar-refractivity contribution in [3.63, 3.8) is 0 Å². The van der Waals surface area contributed by atoms with Crippen molar-refractivity contribution in [2.24, 2.45) is 0 Å². The Morgan fingerprint density at radius 3 is 2.79 bits per heavy atom. The van der Waals surface area contributed by atoms with Gasteiger partial charge >= 0.3 is 0 Å². The standard InChI is InChI=1S/C11H10N2O/c1-8-4-2-3-5-9(8)10-6-12-11(7-14)13-10/h2-7H,1H3,(H,12,13). The average Bonchev–Trinajstić information content (AvgIpc) is 2.67. The zero-order valence-corrected chi connectivity index (χ0v) is 7.82. The molecule has 3 heteroatoms. The highest BCUT2D eigenvalue weighted by Gasteiger charge is 2.03. The van der Waals surface area contributed by atoms with Gasteiger partial charge in [-0.05, 0) is 12.5 Å². The summed E-state index contributed by atoms with van der Waals surface area (Å²) in [4.78, 5) is 17.3. The van der Waals surface area contributed by atoms with Gasteiger partial charge in [0.15, 0.2) is 12.1 Å². The molecular formula is C11H10N2O. The van der Waals surface area contributed by atoms with Crippen molar-refractivity contribution < 1.29 is 4.79 Å². The van der Waals surface area contributed by atoms with Gasteiger partial charge < -0.3 is 4.98 Å². The highest BCUT2D eigenvalue weighted by Crippen LogP contribution is 2.20. The maximum atomic E-state index is 10.4. The summed E-state index contributed by atoms with van der Waals surface area (Å²) in [6.45, 7) is 2.02. The van der Waals surface area contributed by atoms with Gasteiger partial charge in [-0.2, -0.15) is 0 Å². The molecule has 0 aliphatic heterocycles. The van der Waals surface area contributed by atoms with Crippen molar-refractivity contribution in [2.45, 2.75) is 6.92 Å². The van der Waals surface area contributed by atoms with Crippen LogP contribution in [-0.4, -0.2) is 16.3 Å². The number of nitrogens with zero attached hydrogens (tertiary/aromatic N) is 1. The molecule has 0 bridgehead atoms. The Balaban J connectivity index is 2.49. The number of nitrogens with one attached hydrogen (secondary N) is 1. The van der Waals surface area contributed by atoms with Crippen molar-refractivity contribution in [2.75, 3.05) is 0 Å². The molecule has 70 valence electrons. The Morgan fingerprint density at radius 2 is 2.14 bits per heavy atom. The van der Waals surface area contributed by atoms with Crippen molar-refractivity contribution in [3.8, 4) is 11.3 Å². The van der Waals surface area contributed by atoms with Gasteiger partial charge in [-0.15, -0.1) is 0 Å². The fourth-order valence-electron chi connectivity index (χ4n) is 1.41. The second-order valence-electron chi connectivity index (χ2n) is 3.11. The van der Waals surface area contributed by atoms with E-state index in [0.717, 1.165) is 16.8 Å². The van der Waals surface area contributed by atoms with Crippen LogP contribution in [0.1, 0.15) is 16.2 Å². The first-order chi connectivity index (χ1) is 6.81. The number of aldehydes is 1. The van der Waals surface area contributed by atoms with Crippen LogP contribution < -0.4 is 0 Å². The van der Waals surface area contributed by atoms with Crippen LogP contribution in [0.4, 0.5) is 0 Å². The Morgan fingerprint density at radius 1 is 1.36 bits per heavy atom. The van der Waals surface area contributed by atoms with Crippen LogP contribution in [0.15, 0.2) is 30.5 Å². The first-order valence-electron chi connectivity index (χ1n) is 4.37. The van der Waals surface area contributed by atoms with Gasteiger partial charge in [-0.3, -0.25) is 4.79 Å². The van der Waals surface area contributed by atoms with E-state index in [1.165, 1.54) is 0 Å². The fraction of sp³-hybridized carbons (Fsp3) is 0.0909. The topological polar surface area (TPSA) is 45.8 Å². The highest BCUT2D eigenvalue weighted by molar-refractivity contribution is 5.72. The minimum Gasteiger partial charge on any atom is -0.336 e. The number of carbonyl (C=O) groups excluding carboxylic acids is 1. The first-order valence-corrected chi connectivity index (χ1v) is 4.37. The molecule has 0 atom stereocenters. The van der Waals surface area contributed by atoms with Crippen molar-refractivity contribution in [1.29, 1.82) is 0 Å². The maximum Gasteiger partial charge on any atom is 0.185 e. The number of hydrogen-bond donors (Lipinski definition) is 1. The summed E-state index contributed by atoms with van der Waals surface area (Å²) < 4.78 is 0. The Hall–Kier alpha value is -1.90. The fourth-order valence-corrected chi connectivity index (χ4v) is 1.41. The van der Waals surface area contributed by atoms with E-state index in [4.69, 9.17) is 0 Å². The van der Waals surface area contributed by atoms with Crippen molar-refractivity contribution in [3.05, 3.63) is 41.9 Å². The van der Waals surface area contributed by atoms with Gasteiger partial charge in [0.05, 0.1) is 11.9 Å². The van der Waals surface area contributed by atoms with E-state index in [9.17, 15) is 4.79 Å². The lowest BCUT2D eigenvalue weighted by Gasteiger charge is -2.00. The monoisotopic (exact) mass is 186 g/mol. The van der Waals surface area contributed by atoms with Crippen LogP contribution in [0.2, 0.25) is 0 Å². The Bertz CT molecular complexity index is 460. The lowest BCUT2D eigenvalue weighted by atomic mass is 10.1. The van der Waals surface area contributed by atoms with Gasteiger partial charge in [0.25, 0.3) is 0 Å². The predicted octanol–water partition coefficient (Wildman–Crippen LogP) is 2.20. The third-order valence-corrected chi connectivity index (χ3v) is 2.14. The van der Waals surface area contributed by atoms with Crippen molar-refractivity contribution >= 4 is 6.29 Å². The molecule has 0 unspecified atom stereocenters. The Kier molecular flexibility index (Phi) is 2.14. The second-order valence-corrected chi connectivity index (χ2v) is 3.11. The lowest BCUT2D eigenvalue weighted by Crippen LogP contribution is -1.84. The highest BCUT2D eigenvalue weighted by atomic mass is 16.1. The lowest BCUT2D eigenvalue weighted by molar-refractivity contribution is 0.111. The number of carbonyl (C=O) groups is 1. The average molecular weight is 186 g/mol. The summed E-state index contributed by atoms with van der Waals surface area (Å²) in [7, 11) is 0. The van der Waals surface area contributed by atoms with E-state index in [2.05, 4.69) is 9.97 Å². The van der Waals surface area contributed by atoms with Gasteiger partial charge in [0, 0.05) is 5.56 Å². The quantitative estimate of drug-likeness (QED) is 0.731. The summed E-state index contributed by atoms with van der Waals surface area (Å²) in [5, 5.41) is 0. The van der Waals surface area contributed by atoms with E-state index in [-0.39, 0.29) is 0 Å². The second kappa shape index (κ2) is 3.46. The SMILES string of the molecule is Cc1ccccc1-c1cnc(C=O)[nH]1.